The second-order valence-corrected chi connectivity index (χ2v) is 4.65. The Balaban J connectivity index is 1.96. The Hall–Kier alpha value is -0.851. The topological polar surface area (TPSA) is 3.24 Å². The van der Waals surface area contributed by atoms with Crippen molar-refractivity contribution in [3.63, 3.8) is 0 Å². The van der Waals surface area contributed by atoms with E-state index < -0.39 is 0 Å². The summed E-state index contributed by atoms with van der Waals surface area (Å²) in [6.45, 7) is 2.39. The van der Waals surface area contributed by atoms with Gasteiger partial charge in [-0.25, -0.2) is 0 Å². The first-order chi connectivity index (χ1) is 7.36. The predicted molar refractivity (Wildman–Crippen MR) is 67.0 cm³/mol. The maximum absolute atomic E-state index is 3.15. The van der Waals surface area contributed by atoms with E-state index in [2.05, 4.69) is 56.9 Å². The van der Waals surface area contributed by atoms with E-state index in [1.165, 1.54) is 36.0 Å². The summed E-state index contributed by atoms with van der Waals surface area (Å²) in [5, 5.41) is 0. The molecular weight excluding hydrogens is 249 g/mol. The quantitative estimate of drug-likeness (QED) is 0.756. The van der Waals surface area contributed by atoms with Crippen LogP contribution in [0.2, 0.25) is 0 Å². The van der Waals surface area contributed by atoms with E-state index in [0.29, 0.717) is 0 Å². The average molecular weight is 264 g/mol. The first kappa shape index (κ1) is 10.7. The number of rotatable bonds is 3. The van der Waals surface area contributed by atoms with Gasteiger partial charge in [0.05, 0.1) is 0 Å². The summed E-state index contributed by atoms with van der Waals surface area (Å²) < 4.78 is 1.26. The zero-order chi connectivity index (χ0) is 10.5. The number of hydrogen-bond acceptors (Lipinski definition) is 1. The van der Waals surface area contributed by atoms with Crippen molar-refractivity contribution in [3.05, 3.63) is 42.0 Å². The van der Waals surface area contributed by atoms with Gasteiger partial charge in [-0.15, -0.1) is 0 Å². The standard InChI is InChI=1S/C13H15NSe/c15-13(14-10-4-5-11-14)9-8-12-6-2-1-3-7-12/h1-3,6-9H,4-5,10-11H2/b9-8+. The molecule has 0 N–H and O–H groups in total. The SMILES string of the molecule is [Se]=C(/C=C/c1ccccc1)N1CCCC1. The molecule has 1 aromatic rings. The Bertz CT molecular complexity index is 350. The fourth-order valence-electron chi connectivity index (χ4n) is 1.77. The summed E-state index contributed by atoms with van der Waals surface area (Å²) in [5.74, 6) is 0. The molecule has 1 fully saturated rings. The third-order valence-electron chi connectivity index (χ3n) is 2.64. The summed E-state index contributed by atoms with van der Waals surface area (Å²) in [4.78, 5) is 2.40. The van der Waals surface area contributed by atoms with Gasteiger partial charge in [-0.1, -0.05) is 0 Å². The van der Waals surface area contributed by atoms with Crippen molar-refractivity contribution in [2.75, 3.05) is 13.1 Å². The number of likely N-dealkylation sites (tertiary alicyclic amines) is 1. The molecule has 2 rings (SSSR count). The molecule has 0 spiro atoms. The molecule has 0 aromatic heterocycles. The Morgan fingerprint density at radius 3 is 2.47 bits per heavy atom. The molecule has 1 saturated heterocycles. The van der Waals surface area contributed by atoms with Gasteiger partial charge in [-0.3, -0.25) is 0 Å². The molecule has 1 nitrogen and oxygen atoms in total. The van der Waals surface area contributed by atoms with E-state index in [9.17, 15) is 0 Å². The summed E-state index contributed by atoms with van der Waals surface area (Å²) in [6, 6.07) is 10.4. The van der Waals surface area contributed by atoms with Gasteiger partial charge in [0.2, 0.25) is 0 Å². The minimum atomic E-state index is 1.20. The van der Waals surface area contributed by atoms with E-state index in [-0.39, 0.29) is 0 Å². The Labute approximate surface area is 99.1 Å². The van der Waals surface area contributed by atoms with Crippen molar-refractivity contribution in [1.29, 1.82) is 0 Å². The zero-order valence-electron chi connectivity index (χ0n) is 8.73. The van der Waals surface area contributed by atoms with Gasteiger partial charge < -0.3 is 0 Å². The van der Waals surface area contributed by atoms with Crippen molar-refractivity contribution in [1.82, 2.24) is 4.90 Å². The van der Waals surface area contributed by atoms with Crippen LogP contribution in [-0.2, 0) is 0 Å². The van der Waals surface area contributed by atoms with Gasteiger partial charge in [-0.05, 0) is 0 Å². The van der Waals surface area contributed by atoms with Crippen molar-refractivity contribution in [3.8, 4) is 0 Å². The fraction of sp³-hybridized carbons (Fsp3) is 0.308. The molecular formula is C13H15NSe. The van der Waals surface area contributed by atoms with Gasteiger partial charge >= 0.3 is 99.0 Å². The molecule has 0 atom stereocenters. The zero-order valence-corrected chi connectivity index (χ0v) is 10.4. The summed E-state index contributed by atoms with van der Waals surface area (Å²) in [7, 11) is 0. The molecule has 15 heavy (non-hydrogen) atoms. The van der Waals surface area contributed by atoms with Crippen molar-refractivity contribution in [2.45, 2.75) is 12.8 Å². The normalized spacial score (nSPS) is 16.1. The van der Waals surface area contributed by atoms with Crippen LogP contribution in [0.5, 0.6) is 0 Å². The monoisotopic (exact) mass is 265 g/mol. The number of benzene rings is 1. The maximum atomic E-state index is 3.15. The summed E-state index contributed by atoms with van der Waals surface area (Å²) in [6.07, 6.45) is 6.97. The first-order valence-corrected chi connectivity index (χ1v) is 6.24. The predicted octanol–water partition coefficient (Wildman–Crippen LogP) is 2.09. The third kappa shape index (κ3) is 3.05. The van der Waals surface area contributed by atoms with Gasteiger partial charge in [0.1, 0.15) is 0 Å². The average Bonchev–Trinajstić information content (AvgIpc) is 2.81. The molecule has 0 radical (unpaired) electrons. The van der Waals surface area contributed by atoms with Crippen LogP contribution in [0.3, 0.4) is 0 Å². The van der Waals surface area contributed by atoms with E-state index in [4.69, 9.17) is 0 Å². The van der Waals surface area contributed by atoms with Crippen LogP contribution < -0.4 is 0 Å². The third-order valence-corrected chi connectivity index (χ3v) is 3.46. The molecule has 2 heteroatoms. The molecule has 0 amide bonds. The molecule has 1 heterocycles. The van der Waals surface area contributed by atoms with Gasteiger partial charge in [0.15, 0.2) is 0 Å². The van der Waals surface area contributed by atoms with Crippen LogP contribution >= 0.6 is 0 Å². The Morgan fingerprint density at radius 2 is 1.80 bits per heavy atom. The Kier molecular flexibility index (Phi) is 3.76. The fourth-order valence-corrected chi connectivity index (χ4v) is 2.30. The summed E-state index contributed by atoms with van der Waals surface area (Å²) in [5.41, 5.74) is 1.25. The van der Waals surface area contributed by atoms with Crippen LogP contribution in [0.15, 0.2) is 36.4 Å². The summed E-state index contributed by atoms with van der Waals surface area (Å²) >= 11 is 3.15. The molecule has 1 aromatic carbocycles. The van der Waals surface area contributed by atoms with Gasteiger partial charge in [0.25, 0.3) is 0 Å². The van der Waals surface area contributed by atoms with E-state index >= 15 is 0 Å². The number of nitrogens with zero attached hydrogens (tertiary/aromatic N) is 1. The van der Waals surface area contributed by atoms with E-state index in [0.717, 1.165) is 0 Å². The van der Waals surface area contributed by atoms with Crippen LogP contribution in [0, 0.1) is 0 Å². The van der Waals surface area contributed by atoms with Crippen molar-refractivity contribution < 1.29 is 0 Å². The second kappa shape index (κ2) is 5.29. The first-order valence-electron chi connectivity index (χ1n) is 5.38. The van der Waals surface area contributed by atoms with Crippen LogP contribution in [0.25, 0.3) is 6.08 Å². The van der Waals surface area contributed by atoms with Crippen LogP contribution in [0.4, 0.5) is 0 Å². The van der Waals surface area contributed by atoms with Gasteiger partial charge in [-0.2, -0.15) is 0 Å². The minimum absolute atomic E-state index is 1.20. The van der Waals surface area contributed by atoms with Gasteiger partial charge in [0, 0.05) is 0 Å². The van der Waals surface area contributed by atoms with Crippen LogP contribution in [-0.4, -0.2) is 38.1 Å². The van der Waals surface area contributed by atoms with E-state index in [1.807, 2.05) is 6.07 Å². The molecule has 78 valence electrons. The number of hydrogen-bond donors (Lipinski definition) is 0. The molecule has 0 saturated carbocycles. The second-order valence-electron chi connectivity index (χ2n) is 3.78. The van der Waals surface area contributed by atoms with Crippen LogP contribution in [0.1, 0.15) is 18.4 Å². The van der Waals surface area contributed by atoms with E-state index in [1.54, 1.807) is 0 Å². The Morgan fingerprint density at radius 1 is 1.13 bits per heavy atom. The molecule has 1 aliphatic heterocycles. The molecule has 0 unspecified atom stereocenters. The van der Waals surface area contributed by atoms with Crippen molar-refractivity contribution >= 4 is 26.2 Å². The molecule has 0 bridgehead atoms. The molecule has 0 aliphatic carbocycles. The van der Waals surface area contributed by atoms with Crippen molar-refractivity contribution in [2.24, 2.45) is 0 Å². The molecule has 1 aliphatic rings.